The van der Waals surface area contributed by atoms with Crippen molar-refractivity contribution >= 4 is 29.0 Å². The summed E-state index contributed by atoms with van der Waals surface area (Å²) in [6.45, 7) is 1.90. The number of amides is 1. The standard InChI is InChI=1S/C12H13NO4S/c1-7(14)9-4-5-10(18-9)11(15)13-6-2-3-8(13)12(16)17/h4-5,8H,2-3,6H2,1H3,(H,16,17). The van der Waals surface area contributed by atoms with Crippen LogP contribution in [0.2, 0.25) is 0 Å². The SMILES string of the molecule is CC(=O)c1ccc(C(=O)N2CCCC2C(=O)O)s1. The van der Waals surface area contributed by atoms with Crippen LogP contribution < -0.4 is 0 Å². The van der Waals surface area contributed by atoms with Gasteiger partial charge in [0, 0.05) is 6.54 Å². The maximum absolute atomic E-state index is 12.2. The predicted molar refractivity (Wildman–Crippen MR) is 66.0 cm³/mol. The lowest BCUT2D eigenvalue weighted by atomic mass is 10.2. The molecule has 0 saturated carbocycles. The molecule has 2 heterocycles. The Morgan fingerprint density at radius 1 is 1.33 bits per heavy atom. The molecule has 1 N–H and O–H groups in total. The van der Waals surface area contributed by atoms with E-state index in [1.807, 2.05) is 0 Å². The van der Waals surface area contributed by atoms with Crippen molar-refractivity contribution < 1.29 is 19.5 Å². The summed E-state index contributed by atoms with van der Waals surface area (Å²) in [5.41, 5.74) is 0. The lowest BCUT2D eigenvalue weighted by Crippen LogP contribution is -2.40. The number of thiophene rings is 1. The van der Waals surface area contributed by atoms with Gasteiger partial charge in [-0.3, -0.25) is 9.59 Å². The summed E-state index contributed by atoms with van der Waals surface area (Å²) < 4.78 is 0. The Labute approximate surface area is 108 Å². The summed E-state index contributed by atoms with van der Waals surface area (Å²) in [4.78, 5) is 36.7. The molecule has 0 radical (unpaired) electrons. The van der Waals surface area contributed by atoms with Crippen LogP contribution in [0.5, 0.6) is 0 Å². The number of carboxylic acids is 1. The Morgan fingerprint density at radius 2 is 2.00 bits per heavy atom. The van der Waals surface area contributed by atoms with Crippen molar-refractivity contribution in [1.82, 2.24) is 4.90 Å². The summed E-state index contributed by atoms with van der Waals surface area (Å²) in [6.07, 6.45) is 1.19. The van der Waals surface area contributed by atoms with Crippen LogP contribution >= 0.6 is 11.3 Å². The third-order valence-electron chi connectivity index (χ3n) is 2.96. The van der Waals surface area contributed by atoms with Gasteiger partial charge in [0.2, 0.25) is 0 Å². The van der Waals surface area contributed by atoms with Crippen molar-refractivity contribution in [2.75, 3.05) is 6.54 Å². The fourth-order valence-electron chi connectivity index (χ4n) is 2.05. The number of likely N-dealkylation sites (tertiary alicyclic amines) is 1. The molecule has 96 valence electrons. The first-order valence-corrected chi connectivity index (χ1v) is 6.47. The molecule has 1 atom stereocenters. The van der Waals surface area contributed by atoms with E-state index < -0.39 is 12.0 Å². The van der Waals surface area contributed by atoms with Gasteiger partial charge < -0.3 is 10.0 Å². The van der Waals surface area contributed by atoms with Gasteiger partial charge in [0.25, 0.3) is 5.91 Å². The number of rotatable bonds is 3. The molecule has 6 heteroatoms. The topological polar surface area (TPSA) is 74.7 Å². The number of carbonyl (C=O) groups is 3. The highest BCUT2D eigenvalue weighted by molar-refractivity contribution is 7.15. The van der Waals surface area contributed by atoms with Crippen molar-refractivity contribution in [1.29, 1.82) is 0 Å². The van der Waals surface area contributed by atoms with E-state index in [9.17, 15) is 14.4 Å². The van der Waals surface area contributed by atoms with Gasteiger partial charge in [0.1, 0.15) is 6.04 Å². The second kappa shape index (κ2) is 4.89. The quantitative estimate of drug-likeness (QED) is 0.845. The van der Waals surface area contributed by atoms with E-state index in [1.165, 1.54) is 11.8 Å². The van der Waals surface area contributed by atoms with Gasteiger partial charge in [-0.15, -0.1) is 11.3 Å². The summed E-state index contributed by atoms with van der Waals surface area (Å²) in [6, 6.07) is 2.45. The zero-order chi connectivity index (χ0) is 13.3. The van der Waals surface area contributed by atoms with Crippen LogP contribution in [0.1, 0.15) is 39.1 Å². The molecule has 0 bridgehead atoms. The van der Waals surface area contributed by atoms with Gasteiger partial charge >= 0.3 is 5.97 Å². The first-order valence-electron chi connectivity index (χ1n) is 5.65. The van der Waals surface area contributed by atoms with E-state index in [0.717, 1.165) is 11.3 Å². The number of nitrogens with zero attached hydrogens (tertiary/aromatic N) is 1. The van der Waals surface area contributed by atoms with Crippen LogP contribution in [0.25, 0.3) is 0 Å². The molecule has 2 rings (SSSR count). The number of Topliss-reactive ketones (excluding diaryl/α,β-unsaturated/α-hetero) is 1. The van der Waals surface area contributed by atoms with Gasteiger partial charge in [0.05, 0.1) is 9.75 Å². The van der Waals surface area contributed by atoms with E-state index in [1.54, 1.807) is 12.1 Å². The molecular weight excluding hydrogens is 254 g/mol. The number of aliphatic carboxylic acids is 1. The van der Waals surface area contributed by atoms with Crippen molar-refractivity contribution in [3.05, 3.63) is 21.9 Å². The molecule has 1 aromatic heterocycles. The van der Waals surface area contributed by atoms with E-state index >= 15 is 0 Å². The summed E-state index contributed by atoms with van der Waals surface area (Å²) in [5.74, 6) is -1.35. The Hall–Kier alpha value is -1.69. The fourth-order valence-corrected chi connectivity index (χ4v) is 2.91. The Balaban J connectivity index is 2.20. The molecule has 18 heavy (non-hydrogen) atoms. The molecule has 1 aromatic rings. The summed E-state index contributed by atoms with van der Waals surface area (Å²) >= 11 is 1.12. The minimum atomic E-state index is -0.968. The third kappa shape index (κ3) is 2.28. The second-order valence-corrected chi connectivity index (χ2v) is 5.30. The van der Waals surface area contributed by atoms with Crippen LogP contribution in [0.3, 0.4) is 0 Å². The molecule has 1 aliphatic heterocycles. The van der Waals surface area contributed by atoms with Crippen LogP contribution in [0.15, 0.2) is 12.1 Å². The largest absolute Gasteiger partial charge is 0.480 e. The minimum Gasteiger partial charge on any atom is -0.480 e. The van der Waals surface area contributed by atoms with E-state index in [4.69, 9.17) is 5.11 Å². The highest BCUT2D eigenvalue weighted by Crippen LogP contribution is 2.24. The first-order chi connectivity index (χ1) is 8.50. The number of hydrogen-bond donors (Lipinski definition) is 1. The zero-order valence-corrected chi connectivity index (χ0v) is 10.7. The van der Waals surface area contributed by atoms with Crippen LogP contribution in [-0.2, 0) is 4.79 Å². The molecule has 1 unspecified atom stereocenters. The average Bonchev–Trinajstić information content (AvgIpc) is 2.97. The number of hydrogen-bond acceptors (Lipinski definition) is 4. The minimum absolute atomic E-state index is 0.0877. The number of carboxylic acid groups (broad SMARTS) is 1. The van der Waals surface area contributed by atoms with Crippen LogP contribution in [0, 0.1) is 0 Å². The van der Waals surface area contributed by atoms with E-state index in [2.05, 4.69) is 0 Å². The maximum Gasteiger partial charge on any atom is 0.326 e. The summed E-state index contributed by atoms with van der Waals surface area (Å²) in [7, 11) is 0. The van der Waals surface area contributed by atoms with Gasteiger partial charge in [-0.1, -0.05) is 0 Å². The highest BCUT2D eigenvalue weighted by Gasteiger charge is 2.34. The van der Waals surface area contributed by atoms with E-state index in [0.29, 0.717) is 29.1 Å². The number of ketones is 1. The van der Waals surface area contributed by atoms with Crippen molar-refractivity contribution in [3.8, 4) is 0 Å². The molecule has 0 aliphatic carbocycles. The van der Waals surface area contributed by atoms with Gasteiger partial charge in [0.15, 0.2) is 5.78 Å². The van der Waals surface area contributed by atoms with Gasteiger partial charge in [-0.2, -0.15) is 0 Å². The lowest BCUT2D eigenvalue weighted by Gasteiger charge is -2.20. The number of carbonyl (C=O) groups excluding carboxylic acids is 2. The zero-order valence-electron chi connectivity index (χ0n) is 9.88. The molecular formula is C12H13NO4S. The maximum atomic E-state index is 12.2. The van der Waals surface area contributed by atoms with Crippen LogP contribution in [-0.4, -0.2) is 40.3 Å². The molecule has 0 aromatic carbocycles. The van der Waals surface area contributed by atoms with Crippen molar-refractivity contribution in [3.63, 3.8) is 0 Å². The first kappa shape index (κ1) is 12.8. The Morgan fingerprint density at radius 3 is 2.56 bits per heavy atom. The van der Waals surface area contributed by atoms with Crippen molar-refractivity contribution in [2.24, 2.45) is 0 Å². The Bertz CT molecular complexity index is 508. The second-order valence-electron chi connectivity index (χ2n) is 4.21. The van der Waals surface area contributed by atoms with Gasteiger partial charge in [-0.25, -0.2) is 4.79 Å². The third-order valence-corrected chi connectivity index (χ3v) is 4.14. The highest BCUT2D eigenvalue weighted by atomic mass is 32.1. The molecule has 5 nitrogen and oxygen atoms in total. The fraction of sp³-hybridized carbons (Fsp3) is 0.417. The monoisotopic (exact) mass is 267 g/mol. The Kier molecular flexibility index (Phi) is 3.47. The van der Waals surface area contributed by atoms with Gasteiger partial charge in [-0.05, 0) is 31.9 Å². The molecule has 1 aliphatic rings. The lowest BCUT2D eigenvalue weighted by molar-refractivity contribution is -0.141. The molecule has 1 saturated heterocycles. The summed E-state index contributed by atoms with van der Waals surface area (Å²) in [5, 5.41) is 9.03. The molecule has 1 amide bonds. The molecule has 0 spiro atoms. The smallest absolute Gasteiger partial charge is 0.326 e. The molecule has 1 fully saturated rings. The van der Waals surface area contributed by atoms with Crippen molar-refractivity contribution in [2.45, 2.75) is 25.8 Å². The predicted octanol–water partition coefficient (Wildman–Crippen LogP) is 1.64. The van der Waals surface area contributed by atoms with Crippen LogP contribution in [0.4, 0.5) is 0 Å². The normalized spacial score (nSPS) is 18.9. The van der Waals surface area contributed by atoms with E-state index in [-0.39, 0.29) is 11.7 Å². The average molecular weight is 267 g/mol.